The van der Waals surface area contributed by atoms with E-state index in [1.54, 1.807) is 12.2 Å². The van der Waals surface area contributed by atoms with E-state index < -0.39 is 0 Å². The number of rotatable bonds is 9. The van der Waals surface area contributed by atoms with Gasteiger partial charge in [0.2, 0.25) is 0 Å². The quantitative estimate of drug-likeness (QED) is 0.494. The first-order valence-electron chi connectivity index (χ1n) is 8.59. The Balaban J connectivity index is 0.00000364. The zero-order chi connectivity index (χ0) is 18.8. The van der Waals surface area contributed by atoms with Crippen LogP contribution in [0.4, 0.5) is 0 Å². The van der Waals surface area contributed by atoms with Crippen molar-refractivity contribution in [2.45, 2.75) is 13.8 Å². The summed E-state index contributed by atoms with van der Waals surface area (Å²) in [6.07, 6.45) is 3.19. The Hall–Kier alpha value is -2.63. The largest absolute Gasteiger partial charge is 0.383 e. The minimum Gasteiger partial charge on any atom is -0.383 e. The fourth-order valence-electron chi connectivity index (χ4n) is 2.51. The van der Waals surface area contributed by atoms with Gasteiger partial charge in [0, 0.05) is 53.4 Å². The van der Waals surface area contributed by atoms with Gasteiger partial charge in [0.05, 0.1) is 0 Å². The minimum absolute atomic E-state index is 0. The standard InChI is InChI=1S/C22H24N2O2.Co/c1-17(25)15-21(19-9-5-3-6-10-19)23-13-14-24-22(16-18(2)26)20-11-7-4-8-12-20;/h3-12,15-16,23-24H,13-14H2,1-2H3;/b21-15-,22-16-;. The van der Waals surface area contributed by atoms with Crippen LogP contribution in [-0.4, -0.2) is 24.7 Å². The van der Waals surface area contributed by atoms with Crippen LogP contribution in [0.15, 0.2) is 72.8 Å². The molecule has 27 heavy (non-hydrogen) atoms. The van der Waals surface area contributed by atoms with Gasteiger partial charge in [-0.1, -0.05) is 60.7 Å². The molecule has 0 fully saturated rings. The molecule has 0 aliphatic heterocycles. The molecule has 0 bridgehead atoms. The molecule has 0 aromatic heterocycles. The number of hydrogen-bond acceptors (Lipinski definition) is 4. The molecule has 4 nitrogen and oxygen atoms in total. The molecule has 1 radical (unpaired) electrons. The summed E-state index contributed by atoms with van der Waals surface area (Å²) in [6, 6.07) is 19.5. The predicted octanol–water partition coefficient (Wildman–Crippen LogP) is 3.42. The number of carbonyl (C=O) groups excluding carboxylic acids is 2. The summed E-state index contributed by atoms with van der Waals surface area (Å²) in [6.45, 7) is 4.28. The molecule has 0 amide bonds. The van der Waals surface area contributed by atoms with Gasteiger partial charge in [0.15, 0.2) is 11.6 Å². The van der Waals surface area contributed by atoms with Crippen molar-refractivity contribution >= 4 is 23.0 Å². The molecule has 0 spiro atoms. The van der Waals surface area contributed by atoms with E-state index in [2.05, 4.69) is 10.6 Å². The molecule has 2 N–H and O–H groups in total. The Labute approximate surface area is 171 Å². The number of benzene rings is 2. The van der Waals surface area contributed by atoms with Crippen molar-refractivity contribution < 1.29 is 26.4 Å². The van der Waals surface area contributed by atoms with Crippen LogP contribution in [0.2, 0.25) is 0 Å². The first-order valence-corrected chi connectivity index (χ1v) is 8.59. The van der Waals surface area contributed by atoms with Gasteiger partial charge in [-0.2, -0.15) is 0 Å². The SMILES string of the molecule is CC(=O)/C=C(\NCCN/C(=C\C(C)=O)c1ccccc1)c1ccccc1.[Co]. The number of ketones is 2. The van der Waals surface area contributed by atoms with E-state index in [0.717, 1.165) is 22.5 Å². The van der Waals surface area contributed by atoms with Gasteiger partial charge in [-0.05, 0) is 25.0 Å². The van der Waals surface area contributed by atoms with Crippen molar-refractivity contribution in [3.8, 4) is 0 Å². The summed E-state index contributed by atoms with van der Waals surface area (Å²) in [5, 5.41) is 6.59. The van der Waals surface area contributed by atoms with Crippen molar-refractivity contribution in [1.82, 2.24) is 10.6 Å². The Morgan fingerprint density at radius 1 is 0.704 bits per heavy atom. The molecule has 0 aliphatic rings. The van der Waals surface area contributed by atoms with Crippen LogP contribution in [0.5, 0.6) is 0 Å². The molecule has 0 saturated heterocycles. The van der Waals surface area contributed by atoms with Crippen molar-refractivity contribution in [3.63, 3.8) is 0 Å². The third-order valence-corrected chi connectivity index (χ3v) is 3.62. The summed E-state index contributed by atoms with van der Waals surface area (Å²) in [4.78, 5) is 23.0. The van der Waals surface area contributed by atoms with Gasteiger partial charge in [0.1, 0.15) is 0 Å². The van der Waals surface area contributed by atoms with Gasteiger partial charge in [-0.25, -0.2) is 0 Å². The second-order valence-corrected chi connectivity index (χ2v) is 5.92. The summed E-state index contributed by atoms with van der Waals surface area (Å²) < 4.78 is 0. The fraction of sp³-hybridized carbons (Fsp3) is 0.182. The van der Waals surface area contributed by atoms with Crippen LogP contribution >= 0.6 is 0 Å². The normalized spacial score (nSPS) is 11.3. The number of hydrogen-bond donors (Lipinski definition) is 2. The molecular weight excluding hydrogens is 383 g/mol. The number of allylic oxidation sites excluding steroid dienone is 2. The van der Waals surface area contributed by atoms with E-state index in [4.69, 9.17) is 0 Å². The monoisotopic (exact) mass is 407 g/mol. The van der Waals surface area contributed by atoms with Gasteiger partial charge in [0.25, 0.3) is 0 Å². The van der Waals surface area contributed by atoms with Crippen LogP contribution in [0.1, 0.15) is 25.0 Å². The average Bonchev–Trinajstić information content (AvgIpc) is 2.64. The van der Waals surface area contributed by atoms with Gasteiger partial charge >= 0.3 is 0 Å². The van der Waals surface area contributed by atoms with Gasteiger partial charge in [-0.15, -0.1) is 0 Å². The summed E-state index contributed by atoms with van der Waals surface area (Å²) in [5.74, 6) is -0.0171. The molecular formula is C22H24CoN2O2. The topological polar surface area (TPSA) is 58.2 Å². The summed E-state index contributed by atoms with van der Waals surface area (Å²) in [5.41, 5.74) is 3.50. The maximum absolute atomic E-state index is 11.5. The molecule has 2 aromatic carbocycles. The van der Waals surface area contributed by atoms with Crippen LogP contribution < -0.4 is 10.6 Å². The van der Waals surface area contributed by atoms with E-state index in [9.17, 15) is 9.59 Å². The molecule has 0 unspecified atom stereocenters. The van der Waals surface area contributed by atoms with Crippen molar-refractivity contribution in [3.05, 3.63) is 83.9 Å². The van der Waals surface area contributed by atoms with E-state index in [1.165, 1.54) is 13.8 Å². The summed E-state index contributed by atoms with van der Waals surface area (Å²) in [7, 11) is 0. The predicted molar refractivity (Wildman–Crippen MR) is 106 cm³/mol. The second-order valence-electron chi connectivity index (χ2n) is 5.92. The van der Waals surface area contributed by atoms with Crippen molar-refractivity contribution in [2.24, 2.45) is 0 Å². The van der Waals surface area contributed by atoms with Crippen LogP contribution in [0, 0.1) is 0 Å². The first kappa shape index (κ1) is 22.4. The third kappa shape index (κ3) is 8.07. The van der Waals surface area contributed by atoms with Crippen LogP contribution in [0.25, 0.3) is 11.4 Å². The molecule has 2 aromatic rings. The van der Waals surface area contributed by atoms with E-state index >= 15 is 0 Å². The number of nitrogens with one attached hydrogen (secondary N) is 2. The van der Waals surface area contributed by atoms with E-state index in [1.807, 2.05) is 60.7 Å². The molecule has 143 valence electrons. The maximum Gasteiger partial charge on any atom is 0.154 e. The average molecular weight is 407 g/mol. The molecule has 0 aliphatic carbocycles. The zero-order valence-electron chi connectivity index (χ0n) is 15.5. The van der Waals surface area contributed by atoms with Gasteiger partial charge in [-0.3, -0.25) is 9.59 Å². The first-order chi connectivity index (χ1) is 12.6. The van der Waals surface area contributed by atoms with E-state index in [-0.39, 0.29) is 28.3 Å². The Kier molecular flexibility index (Phi) is 9.86. The molecule has 5 heteroatoms. The van der Waals surface area contributed by atoms with Gasteiger partial charge < -0.3 is 10.6 Å². The summed E-state index contributed by atoms with van der Waals surface area (Å²) >= 11 is 0. The van der Waals surface area contributed by atoms with Crippen LogP contribution in [-0.2, 0) is 26.4 Å². The fourth-order valence-corrected chi connectivity index (χ4v) is 2.51. The van der Waals surface area contributed by atoms with Crippen LogP contribution in [0.3, 0.4) is 0 Å². The van der Waals surface area contributed by atoms with Crippen molar-refractivity contribution in [2.75, 3.05) is 13.1 Å². The van der Waals surface area contributed by atoms with E-state index in [0.29, 0.717) is 13.1 Å². The smallest absolute Gasteiger partial charge is 0.154 e. The van der Waals surface area contributed by atoms with Crippen molar-refractivity contribution in [1.29, 1.82) is 0 Å². The minimum atomic E-state index is -0.00855. The Morgan fingerprint density at radius 2 is 1.04 bits per heavy atom. The Bertz CT molecular complexity index is 730. The molecule has 0 atom stereocenters. The zero-order valence-corrected chi connectivity index (χ0v) is 16.5. The second kappa shape index (κ2) is 11.9. The number of carbonyl (C=O) groups is 2. The molecule has 0 heterocycles. The maximum atomic E-state index is 11.5. The molecule has 0 saturated carbocycles. The molecule has 2 rings (SSSR count). The Morgan fingerprint density at radius 3 is 1.33 bits per heavy atom. The third-order valence-electron chi connectivity index (χ3n) is 3.62.